The van der Waals surface area contributed by atoms with E-state index in [9.17, 15) is 18.0 Å². The third kappa shape index (κ3) is 2.34. The van der Waals surface area contributed by atoms with Crippen LogP contribution in [-0.4, -0.2) is 27.4 Å². The van der Waals surface area contributed by atoms with Gasteiger partial charge in [-0.2, -0.15) is 18.3 Å². The van der Waals surface area contributed by atoms with Crippen LogP contribution in [0.3, 0.4) is 0 Å². The number of nitrogens with one attached hydrogen (secondary N) is 1. The highest BCUT2D eigenvalue weighted by Crippen LogP contribution is 2.48. The summed E-state index contributed by atoms with van der Waals surface area (Å²) in [7, 11) is 0. The van der Waals surface area contributed by atoms with E-state index in [4.69, 9.17) is 5.73 Å². The van der Waals surface area contributed by atoms with E-state index in [0.717, 1.165) is 0 Å². The molecule has 1 aromatic rings. The number of anilines is 1. The Balaban J connectivity index is 1.95. The maximum absolute atomic E-state index is 12.5. The number of amides is 1. The number of aromatic nitrogens is 2. The topological polar surface area (TPSA) is 72.9 Å². The monoisotopic (exact) mass is 248 g/mol. The molecule has 1 fully saturated rings. The first-order valence-corrected chi connectivity index (χ1v) is 4.99. The van der Waals surface area contributed by atoms with Gasteiger partial charge >= 0.3 is 6.18 Å². The highest BCUT2D eigenvalue weighted by atomic mass is 19.4. The molecule has 1 aliphatic rings. The van der Waals surface area contributed by atoms with Gasteiger partial charge in [0.25, 0.3) is 0 Å². The first kappa shape index (κ1) is 11.7. The second-order valence-corrected chi connectivity index (χ2v) is 4.07. The zero-order valence-corrected chi connectivity index (χ0v) is 8.79. The van der Waals surface area contributed by atoms with Gasteiger partial charge in [0.2, 0.25) is 5.91 Å². The molecule has 17 heavy (non-hydrogen) atoms. The van der Waals surface area contributed by atoms with Gasteiger partial charge in [-0.3, -0.25) is 9.48 Å². The van der Waals surface area contributed by atoms with Crippen LogP contribution < -0.4 is 11.1 Å². The predicted octanol–water partition coefficient (Wildman–Crippen LogP) is 0.676. The molecule has 1 aliphatic carbocycles. The molecule has 0 saturated heterocycles. The molecule has 0 aromatic carbocycles. The fourth-order valence-corrected chi connectivity index (χ4v) is 1.52. The zero-order chi connectivity index (χ0) is 12.7. The summed E-state index contributed by atoms with van der Waals surface area (Å²) in [5, 5.41) is 5.72. The molecule has 1 saturated carbocycles. The summed E-state index contributed by atoms with van der Waals surface area (Å²) < 4.78 is 38.8. The van der Waals surface area contributed by atoms with E-state index < -0.39 is 17.6 Å². The smallest absolute Gasteiger partial charge is 0.382 e. The van der Waals surface area contributed by atoms with Crippen molar-refractivity contribution in [2.24, 2.45) is 0 Å². The van der Waals surface area contributed by atoms with Gasteiger partial charge in [-0.05, 0) is 18.9 Å². The number of halogens is 3. The molecule has 3 N–H and O–H groups in total. The van der Waals surface area contributed by atoms with E-state index >= 15 is 0 Å². The van der Waals surface area contributed by atoms with Gasteiger partial charge in [0.05, 0.1) is 0 Å². The van der Waals surface area contributed by atoms with Crippen LogP contribution >= 0.6 is 0 Å². The summed E-state index contributed by atoms with van der Waals surface area (Å²) in [6.45, 7) is -0.269. The Labute approximate surface area is 94.8 Å². The van der Waals surface area contributed by atoms with Gasteiger partial charge < -0.3 is 11.1 Å². The molecular weight excluding hydrogens is 237 g/mol. The molecule has 94 valence electrons. The normalized spacial score (nSPS) is 17.8. The Morgan fingerprint density at radius 3 is 2.65 bits per heavy atom. The van der Waals surface area contributed by atoms with E-state index in [0.29, 0.717) is 0 Å². The van der Waals surface area contributed by atoms with Gasteiger partial charge in [0.15, 0.2) is 0 Å². The minimum atomic E-state index is -4.40. The summed E-state index contributed by atoms with van der Waals surface area (Å²) in [5.74, 6) is -0.502. The summed E-state index contributed by atoms with van der Waals surface area (Å²) >= 11 is 0. The number of alkyl halides is 3. The second kappa shape index (κ2) is 3.64. The fraction of sp³-hybridized carbons (Fsp3) is 0.556. The highest BCUT2D eigenvalue weighted by molar-refractivity contribution is 5.77. The van der Waals surface area contributed by atoms with Crippen LogP contribution in [0.4, 0.5) is 19.0 Å². The quantitative estimate of drug-likeness (QED) is 0.826. The molecule has 2 rings (SSSR count). The molecule has 0 bridgehead atoms. The van der Waals surface area contributed by atoms with Gasteiger partial charge in [-0.15, -0.1) is 0 Å². The van der Waals surface area contributed by atoms with E-state index in [2.05, 4.69) is 5.10 Å². The number of carbonyl (C=O) groups is 1. The Bertz CT molecular complexity index is 436. The lowest BCUT2D eigenvalue weighted by atomic mass is 10.2. The number of nitrogen functional groups attached to an aromatic ring is 1. The predicted molar refractivity (Wildman–Crippen MR) is 52.8 cm³/mol. The average Bonchev–Trinajstić information content (AvgIpc) is 2.85. The Morgan fingerprint density at radius 1 is 1.59 bits per heavy atom. The third-order valence-electron chi connectivity index (χ3n) is 2.64. The Morgan fingerprint density at radius 2 is 2.24 bits per heavy atom. The molecule has 1 aromatic heterocycles. The largest absolute Gasteiger partial charge is 0.411 e. The molecule has 0 aliphatic heterocycles. The van der Waals surface area contributed by atoms with Crippen LogP contribution in [0.5, 0.6) is 0 Å². The fourth-order valence-electron chi connectivity index (χ4n) is 1.52. The van der Waals surface area contributed by atoms with Crippen LogP contribution in [-0.2, 0) is 11.3 Å². The summed E-state index contributed by atoms with van der Waals surface area (Å²) in [4.78, 5) is 11.4. The summed E-state index contributed by atoms with van der Waals surface area (Å²) in [5.41, 5.74) is 3.29. The van der Waals surface area contributed by atoms with Gasteiger partial charge in [-0.25, -0.2) is 0 Å². The van der Waals surface area contributed by atoms with Crippen molar-refractivity contribution in [1.82, 2.24) is 15.1 Å². The van der Waals surface area contributed by atoms with Crippen LogP contribution in [0.2, 0.25) is 0 Å². The van der Waals surface area contributed by atoms with Crippen LogP contribution in [0.1, 0.15) is 12.8 Å². The molecule has 5 nitrogen and oxygen atoms in total. The van der Waals surface area contributed by atoms with Crippen molar-refractivity contribution >= 4 is 11.7 Å². The van der Waals surface area contributed by atoms with Crippen LogP contribution in [0.15, 0.2) is 12.3 Å². The van der Waals surface area contributed by atoms with Crippen molar-refractivity contribution in [3.05, 3.63) is 12.3 Å². The molecule has 1 amide bonds. The molecule has 8 heteroatoms. The number of nitrogens with two attached hydrogens (primary N) is 1. The number of carbonyl (C=O) groups excluding carboxylic acids is 1. The van der Waals surface area contributed by atoms with Crippen molar-refractivity contribution in [3.63, 3.8) is 0 Å². The van der Waals surface area contributed by atoms with E-state index in [1.54, 1.807) is 0 Å². The molecular formula is C9H11F3N4O. The highest BCUT2D eigenvalue weighted by Gasteiger charge is 2.64. The molecule has 0 radical (unpaired) electrons. The van der Waals surface area contributed by atoms with E-state index in [-0.39, 0.29) is 25.2 Å². The molecule has 0 unspecified atom stereocenters. The van der Waals surface area contributed by atoms with Crippen molar-refractivity contribution < 1.29 is 18.0 Å². The lowest BCUT2D eigenvalue weighted by Gasteiger charge is -2.20. The number of nitrogens with zero attached hydrogens (tertiary/aromatic N) is 2. The van der Waals surface area contributed by atoms with Crippen molar-refractivity contribution in [1.29, 1.82) is 0 Å². The van der Waals surface area contributed by atoms with E-state index in [1.807, 2.05) is 5.32 Å². The Hall–Kier alpha value is -1.73. The maximum atomic E-state index is 12.5. The second-order valence-electron chi connectivity index (χ2n) is 4.07. The SMILES string of the molecule is Nc1ccn(CC(=O)NC2(C(F)(F)F)CC2)n1. The van der Waals surface area contributed by atoms with Gasteiger partial charge in [0, 0.05) is 6.20 Å². The van der Waals surface area contributed by atoms with Gasteiger partial charge in [0.1, 0.15) is 17.9 Å². The minimum absolute atomic E-state index is 0.0660. The average molecular weight is 248 g/mol. The third-order valence-corrected chi connectivity index (χ3v) is 2.64. The Kier molecular flexibility index (Phi) is 2.52. The minimum Gasteiger partial charge on any atom is -0.382 e. The van der Waals surface area contributed by atoms with Crippen molar-refractivity contribution in [2.45, 2.75) is 31.1 Å². The lowest BCUT2D eigenvalue weighted by molar-refractivity contribution is -0.170. The number of hydrogen-bond donors (Lipinski definition) is 2. The van der Waals surface area contributed by atoms with Crippen molar-refractivity contribution in [3.8, 4) is 0 Å². The zero-order valence-electron chi connectivity index (χ0n) is 8.79. The lowest BCUT2D eigenvalue weighted by Crippen LogP contribution is -2.48. The summed E-state index contributed by atoms with van der Waals surface area (Å²) in [6, 6.07) is 1.46. The van der Waals surface area contributed by atoms with Crippen LogP contribution in [0.25, 0.3) is 0 Å². The maximum Gasteiger partial charge on any atom is 0.411 e. The summed E-state index contributed by atoms with van der Waals surface area (Å²) in [6.07, 6.45) is -3.10. The van der Waals surface area contributed by atoms with E-state index in [1.165, 1.54) is 16.9 Å². The molecule has 1 heterocycles. The standard InChI is InChI=1S/C9H11F3N4O/c10-9(11,12)8(2-3-8)14-7(17)5-16-4-1-6(13)15-16/h1,4H,2-3,5H2,(H2,13,15)(H,14,17). The number of rotatable bonds is 3. The first-order valence-electron chi connectivity index (χ1n) is 4.99. The van der Waals surface area contributed by atoms with Crippen molar-refractivity contribution in [2.75, 3.05) is 5.73 Å². The molecule has 0 atom stereocenters. The van der Waals surface area contributed by atoms with Crippen LogP contribution in [0, 0.1) is 0 Å². The molecule has 0 spiro atoms. The first-order chi connectivity index (χ1) is 7.82. The van der Waals surface area contributed by atoms with Gasteiger partial charge in [-0.1, -0.05) is 0 Å². The number of hydrogen-bond acceptors (Lipinski definition) is 3.